The maximum Gasteiger partial charge on any atom is 0.326 e. The molecule has 4 unspecified atom stereocenters. The van der Waals surface area contributed by atoms with Gasteiger partial charge in [-0.05, 0) is 31.5 Å². The van der Waals surface area contributed by atoms with E-state index in [4.69, 9.17) is 10.8 Å². The monoisotopic (exact) mass is 438 g/mol. The second-order valence-electron chi connectivity index (χ2n) is 6.95. The van der Waals surface area contributed by atoms with Crippen LogP contribution >= 0.6 is 0 Å². The van der Waals surface area contributed by atoms with E-state index in [-0.39, 0.29) is 12.2 Å². The molecular weight excluding hydrogens is 412 g/mol. The Hall–Kier alpha value is -3.67. The summed E-state index contributed by atoms with van der Waals surface area (Å²) in [5, 5.41) is 34.3. The number of rotatable bonds is 11. The molecule has 0 aliphatic rings. The standard InChI is InChI=1S/C19H26N4O8/c1-9(20)16(27)22-13(8-15(25)26)18(29)21-10(2)17(28)23-14(19(30)31)7-11-3-5-12(24)6-4-11/h3-6,9-10,13-14,24H,7-8,20H2,1-2H3,(H,21,29)(H,22,27)(H,23,28)(H,25,26)(H,30,31). The van der Waals surface area contributed by atoms with Crippen molar-refractivity contribution in [2.24, 2.45) is 5.73 Å². The van der Waals surface area contributed by atoms with Crippen LogP contribution in [0.1, 0.15) is 25.8 Å². The van der Waals surface area contributed by atoms with E-state index in [1.54, 1.807) is 0 Å². The van der Waals surface area contributed by atoms with Crippen molar-refractivity contribution in [2.45, 2.75) is 50.9 Å². The number of nitrogens with two attached hydrogens (primary N) is 1. The van der Waals surface area contributed by atoms with Crippen molar-refractivity contribution in [1.29, 1.82) is 0 Å². The number of carboxylic acids is 2. The van der Waals surface area contributed by atoms with Gasteiger partial charge < -0.3 is 37.0 Å². The third kappa shape index (κ3) is 8.70. The van der Waals surface area contributed by atoms with Crippen molar-refractivity contribution < 1.29 is 39.3 Å². The Morgan fingerprint density at radius 2 is 1.42 bits per heavy atom. The van der Waals surface area contributed by atoms with Crippen molar-refractivity contribution >= 4 is 29.7 Å². The second kappa shape index (κ2) is 11.5. The molecule has 0 heterocycles. The molecule has 0 fully saturated rings. The van der Waals surface area contributed by atoms with E-state index in [0.29, 0.717) is 5.56 Å². The average Bonchev–Trinajstić information content (AvgIpc) is 2.67. The van der Waals surface area contributed by atoms with Crippen LogP contribution in [0, 0.1) is 0 Å². The van der Waals surface area contributed by atoms with Gasteiger partial charge in [0.05, 0.1) is 12.5 Å². The highest BCUT2D eigenvalue weighted by Gasteiger charge is 2.29. The number of carboxylic acid groups (broad SMARTS) is 2. The van der Waals surface area contributed by atoms with Crippen molar-refractivity contribution in [3.05, 3.63) is 29.8 Å². The number of hydrogen-bond donors (Lipinski definition) is 7. The number of amides is 3. The zero-order valence-corrected chi connectivity index (χ0v) is 17.0. The van der Waals surface area contributed by atoms with Crippen LogP contribution < -0.4 is 21.7 Å². The van der Waals surface area contributed by atoms with Crippen LogP contribution in [0.15, 0.2) is 24.3 Å². The summed E-state index contributed by atoms with van der Waals surface area (Å²) in [6.45, 7) is 2.62. The van der Waals surface area contributed by atoms with Gasteiger partial charge in [-0.3, -0.25) is 19.2 Å². The lowest BCUT2D eigenvalue weighted by Crippen LogP contribution is -2.56. The summed E-state index contributed by atoms with van der Waals surface area (Å²) in [6, 6.07) is 0.748. The molecular formula is C19H26N4O8. The van der Waals surface area contributed by atoms with Crippen molar-refractivity contribution in [3.8, 4) is 5.75 Å². The molecule has 0 aliphatic carbocycles. The number of hydrogen-bond acceptors (Lipinski definition) is 7. The maximum atomic E-state index is 12.4. The molecule has 12 nitrogen and oxygen atoms in total. The molecule has 8 N–H and O–H groups in total. The number of carbonyl (C=O) groups is 5. The van der Waals surface area contributed by atoms with E-state index in [0.717, 1.165) is 0 Å². The molecule has 1 aromatic rings. The Kier molecular flexibility index (Phi) is 9.41. The van der Waals surface area contributed by atoms with Crippen LogP contribution in [0.25, 0.3) is 0 Å². The number of nitrogens with one attached hydrogen (secondary N) is 3. The highest BCUT2D eigenvalue weighted by molar-refractivity contribution is 5.95. The summed E-state index contributed by atoms with van der Waals surface area (Å²) in [4.78, 5) is 58.9. The van der Waals surface area contributed by atoms with E-state index in [1.165, 1.54) is 38.1 Å². The van der Waals surface area contributed by atoms with Crippen molar-refractivity contribution in [3.63, 3.8) is 0 Å². The lowest BCUT2D eigenvalue weighted by molar-refractivity contribution is -0.143. The van der Waals surface area contributed by atoms with Crippen LogP contribution in [-0.2, 0) is 30.4 Å². The van der Waals surface area contributed by atoms with Gasteiger partial charge in [-0.15, -0.1) is 0 Å². The van der Waals surface area contributed by atoms with Gasteiger partial charge in [0.25, 0.3) is 0 Å². The normalized spacial score (nSPS) is 14.4. The highest BCUT2D eigenvalue weighted by atomic mass is 16.4. The number of aliphatic carboxylic acids is 2. The maximum absolute atomic E-state index is 12.4. The molecule has 4 atom stereocenters. The molecule has 1 aromatic carbocycles. The topological polar surface area (TPSA) is 208 Å². The fraction of sp³-hybridized carbons (Fsp3) is 0.421. The lowest BCUT2D eigenvalue weighted by atomic mass is 10.1. The summed E-state index contributed by atoms with van der Waals surface area (Å²) in [5.74, 6) is -5.19. The molecule has 0 aliphatic heterocycles. The van der Waals surface area contributed by atoms with Crippen molar-refractivity contribution in [1.82, 2.24) is 16.0 Å². The number of phenols is 1. The molecule has 0 spiro atoms. The minimum Gasteiger partial charge on any atom is -0.508 e. The molecule has 0 radical (unpaired) electrons. The second-order valence-corrected chi connectivity index (χ2v) is 6.95. The van der Waals surface area contributed by atoms with E-state index >= 15 is 0 Å². The predicted molar refractivity (Wildman–Crippen MR) is 107 cm³/mol. The zero-order valence-electron chi connectivity index (χ0n) is 17.0. The van der Waals surface area contributed by atoms with Gasteiger partial charge in [0.2, 0.25) is 17.7 Å². The van der Waals surface area contributed by atoms with Crippen LogP contribution in [-0.4, -0.2) is 69.1 Å². The van der Waals surface area contributed by atoms with Gasteiger partial charge in [-0.1, -0.05) is 12.1 Å². The van der Waals surface area contributed by atoms with Gasteiger partial charge in [-0.25, -0.2) is 4.79 Å². The predicted octanol–water partition coefficient (Wildman–Crippen LogP) is -1.68. The molecule has 31 heavy (non-hydrogen) atoms. The molecule has 0 bridgehead atoms. The Morgan fingerprint density at radius 3 is 1.90 bits per heavy atom. The Labute approximate surface area is 177 Å². The first-order chi connectivity index (χ1) is 14.4. The Balaban J connectivity index is 2.78. The Morgan fingerprint density at radius 1 is 0.871 bits per heavy atom. The molecule has 0 aromatic heterocycles. The van der Waals surface area contributed by atoms with Crippen LogP contribution in [0.3, 0.4) is 0 Å². The number of carbonyl (C=O) groups excluding carboxylic acids is 3. The Bertz CT molecular complexity index is 825. The van der Waals surface area contributed by atoms with Gasteiger partial charge in [0, 0.05) is 6.42 Å². The zero-order chi connectivity index (χ0) is 23.7. The highest BCUT2D eigenvalue weighted by Crippen LogP contribution is 2.11. The summed E-state index contributed by atoms with van der Waals surface area (Å²) < 4.78 is 0. The van der Waals surface area contributed by atoms with Crippen molar-refractivity contribution in [2.75, 3.05) is 0 Å². The summed E-state index contributed by atoms with van der Waals surface area (Å²) in [7, 11) is 0. The minimum atomic E-state index is -1.47. The SMILES string of the molecule is CC(N)C(=O)NC(CC(=O)O)C(=O)NC(C)C(=O)NC(Cc1ccc(O)cc1)C(=O)O. The van der Waals surface area contributed by atoms with E-state index in [9.17, 15) is 34.2 Å². The molecule has 0 saturated heterocycles. The fourth-order valence-electron chi connectivity index (χ4n) is 2.43. The number of benzene rings is 1. The van der Waals surface area contributed by atoms with Gasteiger partial charge in [0.15, 0.2) is 0 Å². The van der Waals surface area contributed by atoms with Crippen LogP contribution in [0.5, 0.6) is 5.75 Å². The first kappa shape index (κ1) is 25.4. The molecule has 170 valence electrons. The van der Waals surface area contributed by atoms with Crippen LogP contribution in [0.4, 0.5) is 0 Å². The smallest absolute Gasteiger partial charge is 0.326 e. The average molecular weight is 438 g/mol. The number of aromatic hydroxyl groups is 1. The fourth-order valence-corrected chi connectivity index (χ4v) is 2.43. The van der Waals surface area contributed by atoms with Gasteiger partial charge in [-0.2, -0.15) is 0 Å². The van der Waals surface area contributed by atoms with Gasteiger partial charge in [0.1, 0.15) is 23.9 Å². The summed E-state index contributed by atoms with van der Waals surface area (Å²) in [6.07, 6.45) is -0.814. The van der Waals surface area contributed by atoms with Gasteiger partial charge >= 0.3 is 11.9 Å². The lowest BCUT2D eigenvalue weighted by Gasteiger charge is -2.22. The first-order valence-electron chi connectivity index (χ1n) is 9.30. The summed E-state index contributed by atoms with van der Waals surface area (Å²) in [5.41, 5.74) is 5.94. The first-order valence-corrected chi connectivity index (χ1v) is 9.30. The quantitative estimate of drug-likeness (QED) is 0.210. The molecule has 0 saturated carbocycles. The molecule has 3 amide bonds. The van der Waals surface area contributed by atoms with E-state index < -0.39 is 60.2 Å². The third-order valence-corrected chi connectivity index (χ3v) is 4.17. The summed E-state index contributed by atoms with van der Waals surface area (Å²) >= 11 is 0. The number of phenolic OH excluding ortho intramolecular Hbond substituents is 1. The minimum absolute atomic E-state index is 0.00281. The largest absolute Gasteiger partial charge is 0.508 e. The van der Waals surface area contributed by atoms with E-state index in [1.807, 2.05) is 0 Å². The van der Waals surface area contributed by atoms with E-state index in [2.05, 4.69) is 16.0 Å². The third-order valence-electron chi connectivity index (χ3n) is 4.17. The molecule has 12 heteroatoms. The van der Waals surface area contributed by atoms with Crippen LogP contribution in [0.2, 0.25) is 0 Å². The molecule has 1 rings (SSSR count).